The molecule has 0 N–H and O–H groups in total. The lowest BCUT2D eigenvalue weighted by molar-refractivity contribution is -0.633. The van der Waals surface area contributed by atoms with Crippen molar-refractivity contribution < 1.29 is 4.57 Å². The molecule has 0 radical (unpaired) electrons. The lowest BCUT2D eigenvalue weighted by Crippen LogP contribution is -2.32. The Bertz CT molecular complexity index is 1180. The summed E-state index contributed by atoms with van der Waals surface area (Å²) in [7, 11) is 2.18. The minimum absolute atomic E-state index is 0.0913. The predicted molar refractivity (Wildman–Crippen MR) is 116 cm³/mol. The molecule has 136 valence electrons. The summed E-state index contributed by atoms with van der Waals surface area (Å²) in [6.07, 6.45) is 0. The van der Waals surface area contributed by atoms with Crippen LogP contribution < -0.4 is 4.57 Å². The molecule has 0 atom stereocenters. The SMILES string of the molecule is Cc1ccc2ccc(-c3cc(C(C)(C)C)c4ccccc4c3C)[n+](C)c2c1. The standard InChI is InChI=1S/C26H28N/c1-17-11-12-19-13-14-24(27(6)25(19)15-17)22-16-23(26(3,4)5)21-10-8-7-9-20(21)18(22)2/h7-16H,1-6H3/q+1. The molecular formula is C26H28N+. The largest absolute Gasteiger partial charge is 0.213 e. The molecule has 0 saturated heterocycles. The van der Waals surface area contributed by atoms with Gasteiger partial charge in [-0.3, -0.25) is 0 Å². The van der Waals surface area contributed by atoms with Crippen molar-refractivity contribution in [1.82, 2.24) is 0 Å². The van der Waals surface area contributed by atoms with Crippen LogP contribution in [-0.2, 0) is 12.5 Å². The molecule has 0 bridgehead atoms. The first kappa shape index (κ1) is 17.7. The van der Waals surface area contributed by atoms with E-state index in [1.54, 1.807) is 0 Å². The van der Waals surface area contributed by atoms with E-state index >= 15 is 0 Å². The molecule has 3 aromatic carbocycles. The third kappa shape index (κ3) is 2.92. The van der Waals surface area contributed by atoms with Crippen LogP contribution >= 0.6 is 0 Å². The number of rotatable bonds is 1. The summed E-state index contributed by atoms with van der Waals surface area (Å²) in [6, 6.07) is 22.4. The van der Waals surface area contributed by atoms with Crippen LogP contribution in [0.1, 0.15) is 37.5 Å². The average Bonchev–Trinajstić information content (AvgIpc) is 2.63. The summed E-state index contributed by atoms with van der Waals surface area (Å²) in [6.45, 7) is 11.3. The maximum atomic E-state index is 2.41. The minimum atomic E-state index is 0.0913. The molecule has 0 aliphatic rings. The van der Waals surface area contributed by atoms with Gasteiger partial charge in [0.05, 0.1) is 0 Å². The fourth-order valence-corrected chi connectivity index (χ4v) is 4.17. The zero-order valence-corrected chi connectivity index (χ0v) is 17.2. The van der Waals surface area contributed by atoms with Crippen LogP contribution in [0, 0.1) is 13.8 Å². The van der Waals surface area contributed by atoms with E-state index in [4.69, 9.17) is 0 Å². The summed E-state index contributed by atoms with van der Waals surface area (Å²) < 4.78 is 2.34. The van der Waals surface area contributed by atoms with Crippen LogP contribution in [0.4, 0.5) is 0 Å². The second-order valence-electron chi connectivity index (χ2n) is 8.73. The highest BCUT2D eigenvalue weighted by Gasteiger charge is 2.23. The van der Waals surface area contributed by atoms with E-state index in [0.29, 0.717) is 0 Å². The van der Waals surface area contributed by atoms with Crippen molar-refractivity contribution in [3.63, 3.8) is 0 Å². The lowest BCUT2D eigenvalue weighted by Gasteiger charge is -2.24. The van der Waals surface area contributed by atoms with Gasteiger partial charge >= 0.3 is 0 Å². The minimum Gasteiger partial charge on any atom is -0.194 e. The van der Waals surface area contributed by atoms with Gasteiger partial charge in [-0.25, -0.2) is 0 Å². The Balaban J connectivity index is 2.09. The van der Waals surface area contributed by atoms with Crippen molar-refractivity contribution in [3.8, 4) is 11.3 Å². The van der Waals surface area contributed by atoms with Crippen LogP contribution in [0.5, 0.6) is 0 Å². The van der Waals surface area contributed by atoms with Crippen molar-refractivity contribution in [1.29, 1.82) is 0 Å². The van der Waals surface area contributed by atoms with Gasteiger partial charge in [-0.1, -0.05) is 51.1 Å². The summed E-state index contributed by atoms with van der Waals surface area (Å²) in [5.41, 5.74) is 8.00. The molecule has 0 fully saturated rings. The third-order valence-corrected chi connectivity index (χ3v) is 5.73. The van der Waals surface area contributed by atoms with E-state index in [2.05, 4.69) is 107 Å². The van der Waals surface area contributed by atoms with Crippen molar-refractivity contribution in [3.05, 3.63) is 77.4 Å². The Kier molecular flexibility index (Phi) is 4.07. The van der Waals surface area contributed by atoms with E-state index in [0.717, 1.165) is 0 Å². The number of hydrogen-bond acceptors (Lipinski definition) is 0. The molecular weight excluding hydrogens is 326 g/mol. The van der Waals surface area contributed by atoms with Crippen molar-refractivity contribution in [2.75, 3.05) is 0 Å². The van der Waals surface area contributed by atoms with Crippen LogP contribution in [0.15, 0.2) is 60.7 Å². The Hall–Kier alpha value is -2.67. The van der Waals surface area contributed by atoms with Crippen molar-refractivity contribution >= 4 is 21.7 Å². The second-order valence-corrected chi connectivity index (χ2v) is 8.73. The van der Waals surface area contributed by atoms with Gasteiger partial charge in [-0.15, -0.1) is 0 Å². The average molecular weight is 355 g/mol. The second kappa shape index (κ2) is 6.20. The molecule has 1 heteroatoms. The molecule has 4 aromatic rings. The van der Waals surface area contributed by atoms with Crippen LogP contribution in [0.2, 0.25) is 0 Å². The smallest absolute Gasteiger partial charge is 0.194 e. The molecule has 0 saturated carbocycles. The first-order valence-corrected chi connectivity index (χ1v) is 9.70. The molecule has 4 rings (SSSR count). The number of aromatic nitrogens is 1. The number of fused-ring (bicyclic) bond motifs is 2. The zero-order valence-electron chi connectivity index (χ0n) is 17.2. The maximum absolute atomic E-state index is 2.41. The predicted octanol–water partition coefficient (Wildman–Crippen LogP) is 6.40. The van der Waals surface area contributed by atoms with Gasteiger partial charge in [-0.05, 0) is 64.9 Å². The highest BCUT2D eigenvalue weighted by molar-refractivity contribution is 5.94. The summed E-state index contributed by atoms with van der Waals surface area (Å²) >= 11 is 0. The van der Waals surface area contributed by atoms with Crippen molar-refractivity contribution in [2.45, 2.75) is 40.0 Å². The number of nitrogens with zero attached hydrogens (tertiary/aromatic N) is 1. The molecule has 0 amide bonds. The monoisotopic (exact) mass is 354 g/mol. The van der Waals surface area contributed by atoms with Gasteiger partial charge in [0, 0.05) is 23.1 Å². The fourth-order valence-electron chi connectivity index (χ4n) is 4.17. The van der Waals surface area contributed by atoms with E-state index in [-0.39, 0.29) is 5.41 Å². The van der Waals surface area contributed by atoms with Gasteiger partial charge in [0.1, 0.15) is 7.05 Å². The maximum Gasteiger partial charge on any atom is 0.213 e. The van der Waals surface area contributed by atoms with Gasteiger partial charge in [0.15, 0.2) is 0 Å². The molecule has 0 unspecified atom stereocenters. The van der Waals surface area contributed by atoms with E-state index in [1.165, 1.54) is 49.6 Å². The van der Waals surface area contributed by atoms with E-state index in [1.807, 2.05) is 0 Å². The first-order chi connectivity index (χ1) is 12.8. The highest BCUT2D eigenvalue weighted by atomic mass is 14.9. The summed E-state index contributed by atoms with van der Waals surface area (Å²) in [5.74, 6) is 0. The van der Waals surface area contributed by atoms with E-state index in [9.17, 15) is 0 Å². The fraction of sp³-hybridized carbons (Fsp3) is 0.269. The van der Waals surface area contributed by atoms with Crippen LogP contribution in [-0.4, -0.2) is 0 Å². The third-order valence-electron chi connectivity index (χ3n) is 5.73. The molecule has 0 aliphatic carbocycles. The topological polar surface area (TPSA) is 3.88 Å². The molecule has 0 spiro atoms. The first-order valence-electron chi connectivity index (χ1n) is 9.70. The molecule has 1 nitrogen and oxygen atoms in total. The summed E-state index contributed by atoms with van der Waals surface area (Å²) in [4.78, 5) is 0. The Morgan fingerprint density at radius 3 is 2.15 bits per heavy atom. The number of aryl methyl sites for hydroxylation is 3. The van der Waals surface area contributed by atoms with Crippen LogP contribution in [0.25, 0.3) is 32.9 Å². The quantitative estimate of drug-likeness (QED) is 0.348. The Labute approximate surface area is 162 Å². The Morgan fingerprint density at radius 1 is 0.778 bits per heavy atom. The van der Waals surface area contributed by atoms with Gasteiger partial charge in [-0.2, -0.15) is 4.57 Å². The molecule has 27 heavy (non-hydrogen) atoms. The van der Waals surface area contributed by atoms with Gasteiger partial charge < -0.3 is 0 Å². The number of pyridine rings is 1. The Morgan fingerprint density at radius 2 is 1.44 bits per heavy atom. The van der Waals surface area contributed by atoms with Gasteiger partial charge in [0.2, 0.25) is 11.2 Å². The molecule has 0 aliphatic heterocycles. The van der Waals surface area contributed by atoms with Gasteiger partial charge in [0.25, 0.3) is 0 Å². The lowest BCUT2D eigenvalue weighted by atomic mass is 9.80. The zero-order chi connectivity index (χ0) is 19.3. The van der Waals surface area contributed by atoms with Crippen molar-refractivity contribution in [2.24, 2.45) is 7.05 Å². The number of hydrogen-bond donors (Lipinski definition) is 0. The highest BCUT2D eigenvalue weighted by Crippen LogP contribution is 2.37. The summed E-state index contributed by atoms with van der Waals surface area (Å²) in [5, 5.41) is 4.00. The molecule has 1 heterocycles. The van der Waals surface area contributed by atoms with Crippen LogP contribution in [0.3, 0.4) is 0 Å². The number of benzene rings is 3. The molecule has 1 aromatic heterocycles. The normalized spacial score (nSPS) is 12.1. The van der Waals surface area contributed by atoms with E-state index < -0.39 is 0 Å².